The first-order valence-corrected chi connectivity index (χ1v) is 9.71. The lowest BCUT2D eigenvalue weighted by Gasteiger charge is -2.29. The van der Waals surface area contributed by atoms with Crippen molar-refractivity contribution in [1.82, 2.24) is 4.90 Å². The normalized spacial score (nSPS) is 13.7. The Bertz CT molecular complexity index is 1170. The summed E-state index contributed by atoms with van der Waals surface area (Å²) in [5.41, 5.74) is 2.63. The molecular formula is C23H22FNO5. The Kier molecular flexibility index (Phi) is 5.55. The minimum atomic E-state index is -0.546. The van der Waals surface area contributed by atoms with Crippen LogP contribution in [0.1, 0.15) is 22.3 Å². The molecule has 4 rings (SSSR count). The number of hydrogen-bond acceptors (Lipinski definition) is 6. The second kappa shape index (κ2) is 8.28. The third kappa shape index (κ3) is 3.93. The lowest BCUT2D eigenvalue weighted by atomic mass is 10.00. The number of hydrogen-bond donors (Lipinski definition) is 0. The quantitative estimate of drug-likeness (QED) is 0.474. The van der Waals surface area contributed by atoms with Crippen LogP contribution < -0.4 is 10.4 Å². The van der Waals surface area contributed by atoms with Crippen molar-refractivity contribution >= 4 is 16.9 Å². The molecule has 0 bridgehead atoms. The summed E-state index contributed by atoms with van der Waals surface area (Å²) < 4.78 is 29.6. The number of ether oxygens (including phenoxy) is 2. The molecule has 0 atom stereocenters. The zero-order chi connectivity index (χ0) is 21.3. The zero-order valence-corrected chi connectivity index (χ0v) is 16.9. The molecule has 0 N–H and O–H groups in total. The highest BCUT2D eigenvalue weighted by Gasteiger charge is 2.24. The number of esters is 1. The average Bonchev–Trinajstić information content (AvgIpc) is 2.75. The molecule has 0 unspecified atom stereocenters. The number of carbonyl (C=O) groups excluding carboxylic acids is 1. The SMILES string of the molecule is COC(=O)Cc1c(C)c2ccc3c(c2oc1=O)CN(CCc1cccc(F)c1)CO3. The molecule has 0 amide bonds. The monoisotopic (exact) mass is 411 g/mol. The molecule has 1 aliphatic heterocycles. The van der Waals surface area contributed by atoms with E-state index in [1.807, 2.05) is 18.2 Å². The molecule has 3 aromatic rings. The lowest BCUT2D eigenvalue weighted by Crippen LogP contribution is -2.33. The maximum absolute atomic E-state index is 13.4. The van der Waals surface area contributed by atoms with Gasteiger partial charge in [-0.3, -0.25) is 9.69 Å². The third-order valence-electron chi connectivity index (χ3n) is 5.45. The van der Waals surface area contributed by atoms with Gasteiger partial charge in [0.2, 0.25) is 0 Å². The van der Waals surface area contributed by atoms with E-state index in [0.717, 1.165) is 16.5 Å². The molecule has 7 heteroatoms. The number of fused-ring (bicyclic) bond motifs is 3. The lowest BCUT2D eigenvalue weighted by molar-refractivity contribution is -0.139. The topological polar surface area (TPSA) is 69.0 Å². The van der Waals surface area contributed by atoms with Crippen molar-refractivity contribution in [1.29, 1.82) is 0 Å². The highest BCUT2D eigenvalue weighted by Crippen LogP contribution is 2.33. The summed E-state index contributed by atoms with van der Waals surface area (Å²) in [5, 5.41) is 0.767. The number of rotatable bonds is 5. The van der Waals surface area contributed by atoms with Gasteiger partial charge in [0.25, 0.3) is 0 Å². The van der Waals surface area contributed by atoms with Crippen LogP contribution in [0, 0.1) is 12.7 Å². The smallest absolute Gasteiger partial charge is 0.340 e. The summed E-state index contributed by atoms with van der Waals surface area (Å²) in [6.45, 7) is 3.41. The van der Waals surface area contributed by atoms with Crippen LogP contribution in [0.2, 0.25) is 0 Å². The molecule has 30 heavy (non-hydrogen) atoms. The molecule has 0 saturated carbocycles. The van der Waals surface area contributed by atoms with E-state index in [2.05, 4.69) is 9.64 Å². The number of aryl methyl sites for hydroxylation is 1. The minimum Gasteiger partial charge on any atom is -0.478 e. The maximum Gasteiger partial charge on any atom is 0.340 e. The predicted octanol–water partition coefficient (Wildman–Crippen LogP) is 3.35. The van der Waals surface area contributed by atoms with Gasteiger partial charge in [-0.2, -0.15) is 0 Å². The summed E-state index contributed by atoms with van der Waals surface area (Å²) in [6.07, 6.45) is 0.543. The number of carbonyl (C=O) groups is 1. The summed E-state index contributed by atoms with van der Waals surface area (Å²) in [7, 11) is 1.28. The van der Waals surface area contributed by atoms with E-state index in [9.17, 15) is 14.0 Å². The fourth-order valence-corrected chi connectivity index (χ4v) is 3.75. The standard InChI is InChI=1S/C23H22FNO5/c1-14-17-6-7-20-19(22(17)30-23(27)18(14)11-21(26)28-2)12-25(13-29-20)9-8-15-4-3-5-16(24)10-15/h3-7,10H,8-9,11-13H2,1-2H3. The van der Waals surface area contributed by atoms with E-state index < -0.39 is 11.6 Å². The Morgan fingerprint density at radius 3 is 2.87 bits per heavy atom. The van der Waals surface area contributed by atoms with Crippen LogP contribution in [0.15, 0.2) is 45.6 Å². The van der Waals surface area contributed by atoms with Gasteiger partial charge in [0.05, 0.1) is 24.7 Å². The van der Waals surface area contributed by atoms with Crippen LogP contribution in [0.3, 0.4) is 0 Å². The Labute approximate surface area is 172 Å². The van der Waals surface area contributed by atoms with E-state index in [1.54, 1.807) is 13.0 Å². The van der Waals surface area contributed by atoms with E-state index >= 15 is 0 Å². The molecular weight excluding hydrogens is 389 g/mol. The van der Waals surface area contributed by atoms with Gasteiger partial charge in [0.15, 0.2) is 0 Å². The number of methoxy groups -OCH3 is 1. The molecule has 0 radical (unpaired) electrons. The van der Waals surface area contributed by atoms with Gasteiger partial charge in [-0.1, -0.05) is 12.1 Å². The van der Waals surface area contributed by atoms with Crippen LogP contribution >= 0.6 is 0 Å². The van der Waals surface area contributed by atoms with Gasteiger partial charge < -0.3 is 13.9 Å². The Morgan fingerprint density at radius 2 is 2.10 bits per heavy atom. The molecule has 0 saturated heterocycles. The third-order valence-corrected chi connectivity index (χ3v) is 5.45. The van der Waals surface area contributed by atoms with Crippen molar-refractivity contribution in [3.63, 3.8) is 0 Å². The Hall–Kier alpha value is -3.19. The highest BCUT2D eigenvalue weighted by atomic mass is 19.1. The average molecular weight is 411 g/mol. The summed E-state index contributed by atoms with van der Waals surface area (Å²) in [5.74, 6) is -0.0684. The van der Waals surface area contributed by atoms with Crippen LogP contribution in [-0.2, 0) is 28.9 Å². The van der Waals surface area contributed by atoms with Crippen LogP contribution in [0.25, 0.3) is 11.0 Å². The van der Waals surface area contributed by atoms with Crippen LogP contribution in [0.4, 0.5) is 4.39 Å². The first kappa shape index (κ1) is 20.1. The second-order valence-corrected chi connectivity index (χ2v) is 7.37. The van der Waals surface area contributed by atoms with Crippen molar-refractivity contribution < 1.29 is 23.1 Å². The highest BCUT2D eigenvalue weighted by molar-refractivity contribution is 5.87. The van der Waals surface area contributed by atoms with Gasteiger partial charge in [0, 0.05) is 18.5 Å². The maximum atomic E-state index is 13.4. The molecule has 1 aliphatic rings. The Balaban J connectivity index is 1.62. The minimum absolute atomic E-state index is 0.131. The molecule has 0 aliphatic carbocycles. The van der Waals surface area contributed by atoms with Crippen molar-refractivity contribution in [3.8, 4) is 5.75 Å². The fourth-order valence-electron chi connectivity index (χ4n) is 3.75. The molecule has 6 nitrogen and oxygen atoms in total. The van der Waals surface area contributed by atoms with Crippen molar-refractivity contribution in [3.05, 3.63) is 74.9 Å². The summed E-state index contributed by atoms with van der Waals surface area (Å²) >= 11 is 0. The first-order valence-electron chi connectivity index (χ1n) is 9.71. The van der Waals surface area contributed by atoms with Crippen molar-refractivity contribution in [2.24, 2.45) is 0 Å². The number of halogens is 1. The van der Waals surface area contributed by atoms with Crippen LogP contribution in [0.5, 0.6) is 5.75 Å². The molecule has 0 fully saturated rings. The van der Waals surface area contributed by atoms with Gasteiger partial charge >= 0.3 is 11.6 Å². The van der Waals surface area contributed by atoms with Crippen LogP contribution in [-0.4, -0.2) is 31.3 Å². The van der Waals surface area contributed by atoms with Gasteiger partial charge in [-0.15, -0.1) is 0 Å². The predicted molar refractivity (Wildman–Crippen MR) is 109 cm³/mol. The van der Waals surface area contributed by atoms with Crippen molar-refractivity contribution in [2.75, 3.05) is 20.4 Å². The second-order valence-electron chi connectivity index (χ2n) is 7.37. The van der Waals surface area contributed by atoms with E-state index in [1.165, 1.54) is 19.2 Å². The van der Waals surface area contributed by atoms with Gasteiger partial charge in [-0.25, -0.2) is 9.18 Å². The molecule has 0 spiro atoms. The largest absolute Gasteiger partial charge is 0.478 e. The molecule has 2 aromatic carbocycles. The number of nitrogens with zero attached hydrogens (tertiary/aromatic N) is 1. The zero-order valence-electron chi connectivity index (χ0n) is 16.9. The Morgan fingerprint density at radius 1 is 1.27 bits per heavy atom. The molecule has 2 heterocycles. The van der Waals surface area contributed by atoms with Gasteiger partial charge in [-0.05, 0) is 48.7 Å². The van der Waals surface area contributed by atoms with Crippen molar-refractivity contribution in [2.45, 2.75) is 26.3 Å². The number of benzene rings is 2. The van der Waals surface area contributed by atoms with E-state index in [4.69, 9.17) is 9.15 Å². The molecule has 1 aromatic heterocycles. The first-order chi connectivity index (χ1) is 14.5. The van der Waals surface area contributed by atoms with E-state index in [-0.39, 0.29) is 12.2 Å². The fraction of sp³-hybridized carbons (Fsp3) is 0.304. The summed E-state index contributed by atoms with van der Waals surface area (Å²) in [6, 6.07) is 10.2. The van der Waals surface area contributed by atoms with E-state index in [0.29, 0.717) is 48.7 Å². The van der Waals surface area contributed by atoms with Gasteiger partial charge in [0.1, 0.15) is 23.9 Å². The molecule has 156 valence electrons. The summed E-state index contributed by atoms with van der Waals surface area (Å²) in [4.78, 5) is 26.3.